The molecule has 0 saturated heterocycles. The highest BCUT2D eigenvalue weighted by Crippen LogP contribution is 2.27. The zero-order valence-corrected chi connectivity index (χ0v) is 12.2. The summed E-state index contributed by atoms with van der Waals surface area (Å²) < 4.78 is 18.7. The minimum Gasteiger partial charge on any atom is -0.494 e. The van der Waals surface area contributed by atoms with Crippen LogP contribution in [-0.2, 0) is 0 Å². The first-order valence-electron chi connectivity index (χ1n) is 5.71. The molecule has 0 aromatic heterocycles. The van der Waals surface area contributed by atoms with Crippen molar-refractivity contribution >= 4 is 33.2 Å². The van der Waals surface area contributed by atoms with E-state index in [0.717, 1.165) is 0 Å². The van der Waals surface area contributed by atoms with Gasteiger partial charge < -0.3 is 15.8 Å². The molecule has 0 spiro atoms. The third kappa shape index (κ3) is 3.08. The van der Waals surface area contributed by atoms with Crippen LogP contribution < -0.4 is 15.8 Å². The number of carbonyl (C=O) groups is 1. The van der Waals surface area contributed by atoms with E-state index >= 15 is 0 Å². The van der Waals surface area contributed by atoms with Gasteiger partial charge in [0.05, 0.1) is 18.4 Å². The van der Waals surface area contributed by atoms with E-state index in [2.05, 4.69) is 21.2 Å². The second-order valence-corrected chi connectivity index (χ2v) is 4.89. The Morgan fingerprint density at radius 2 is 2.05 bits per heavy atom. The largest absolute Gasteiger partial charge is 0.494 e. The smallest absolute Gasteiger partial charge is 0.256 e. The Bertz CT molecular complexity index is 662. The minimum atomic E-state index is -0.440. The summed E-state index contributed by atoms with van der Waals surface area (Å²) in [6, 6.07) is 8.80. The van der Waals surface area contributed by atoms with Gasteiger partial charge in [0.25, 0.3) is 5.91 Å². The molecule has 3 N–H and O–H groups in total. The Morgan fingerprint density at radius 3 is 2.75 bits per heavy atom. The highest BCUT2D eigenvalue weighted by Gasteiger charge is 2.13. The first-order valence-corrected chi connectivity index (χ1v) is 6.50. The normalized spacial score (nSPS) is 10.2. The molecule has 0 aliphatic rings. The summed E-state index contributed by atoms with van der Waals surface area (Å²) in [5.41, 5.74) is 6.90. The number of nitrogen functional groups attached to an aromatic ring is 1. The number of nitrogens with one attached hydrogen (secondary N) is 1. The number of benzene rings is 2. The van der Waals surface area contributed by atoms with Crippen molar-refractivity contribution in [3.8, 4) is 5.75 Å². The summed E-state index contributed by atoms with van der Waals surface area (Å²) in [4.78, 5) is 12.2. The molecule has 2 rings (SSSR count). The Morgan fingerprint density at radius 1 is 1.30 bits per heavy atom. The van der Waals surface area contributed by atoms with Gasteiger partial charge in [-0.05, 0) is 46.3 Å². The third-order valence-electron chi connectivity index (χ3n) is 2.65. The number of nitrogens with two attached hydrogens (primary N) is 1. The number of carbonyl (C=O) groups excluding carboxylic acids is 1. The van der Waals surface area contributed by atoms with Gasteiger partial charge in [-0.2, -0.15) is 0 Å². The topological polar surface area (TPSA) is 64.3 Å². The Balaban J connectivity index is 2.30. The number of hydrogen-bond acceptors (Lipinski definition) is 3. The van der Waals surface area contributed by atoms with Crippen molar-refractivity contribution in [1.29, 1.82) is 0 Å². The molecule has 0 fully saturated rings. The molecule has 0 unspecified atom stereocenters. The van der Waals surface area contributed by atoms with Gasteiger partial charge in [-0.1, -0.05) is 0 Å². The van der Waals surface area contributed by atoms with Crippen molar-refractivity contribution in [3.63, 3.8) is 0 Å². The van der Waals surface area contributed by atoms with Gasteiger partial charge in [0.15, 0.2) is 0 Å². The van der Waals surface area contributed by atoms with Crippen molar-refractivity contribution in [2.45, 2.75) is 0 Å². The number of methoxy groups -OCH3 is 1. The Labute approximate surface area is 123 Å². The average molecular weight is 339 g/mol. The number of amides is 1. The van der Waals surface area contributed by atoms with E-state index in [9.17, 15) is 9.18 Å². The average Bonchev–Trinajstić information content (AvgIpc) is 2.43. The fraction of sp³-hybridized carbons (Fsp3) is 0.0714. The summed E-state index contributed by atoms with van der Waals surface area (Å²) in [6.07, 6.45) is 0. The van der Waals surface area contributed by atoms with E-state index in [1.807, 2.05) is 0 Å². The molecule has 2 aromatic rings. The van der Waals surface area contributed by atoms with E-state index in [1.165, 1.54) is 25.3 Å². The third-order valence-corrected chi connectivity index (χ3v) is 3.34. The maximum absolute atomic E-state index is 13.1. The van der Waals surface area contributed by atoms with E-state index in [4.69, 9.17) is 10.5 Å². The van der Waals surface area contributed by atoms with Gasteiger partial charge in [0.1, 0.15) is 11.6 Å². The molecule has 0 aliphatic heterocycles. The molecular weight excluding hydrogens is 327 g/mol. The number of rotatable bonds is 3. The number of ether oxygens (including phenoxy) is 1. The predicted octanol–water partition coefficient (Wildman–Crippen LogP) is 3.43. The monoisotopic (exact) mass is 338 g/mol. The second kappa shape index (κ2) is 5.92. The van der Waals surface area contributed by atoms with Crippen molar-refractivity contribution in [3.05, 3.63) is 52.3 Å². The molecule has 20 heavy (non-hydrogen) atoms. The lowest BCUT2D eigenvalue weighted by atomic mass is 10.2. The molecule has 6 heteroatoms. The Hall–Kier alpha value is -2.08. The van der Waals surface area contributed by atoms with Crippen molar-refractivity contribution in [2.24, 2.45) is 0 Å². The summed E-state index contributed by atoms with van der Waals surface area (Å²) in [7, 11) is 1.40. The Kier molecular flexibility index (Phi) is 4.24. The van der Waals surface area contributed by atoms with Crippen LogP contribution in [0.1, 0.15) is 10.4 Å². The highest BCUT2D eigenvalue weighted by molar-refractivity contribution is 9.10. The molecule has 104 valence electrons. The number of hydrogen-bond donors (Lipinski definition) is 2. The molecule has 0 atom stereocenters. The van der Waals surface area contributed by atoms with Crippen LogP contribution >= 0.6 is 15.9 Å². The molecule has 1 amide bonds. The standard InChI is InChI=1S/C14H12BrFN2O2/c1-20-13-6-8(16)2-5-12(13)18-14(19)10-7-9(17)3-4-11(10)15/h2-7H,17H2,1H3,(H,18,19). The minimum absolute atomic E-state index is 0.248. The van der Waals surface area contributed by atoms with Gasteiger partial charge in [-0.15, -0.1) is 0 Å². The number of halogens is 2. The van der Waals surface area contributed by atoms with Crippen LogP contribution in [0.2, 0.25) is 0 Å². The quantitative estimate of drug-likeness (QED) is 0.842. The van der Waals surface area contributed by atoms with Crippen LogP contribution in [0.15, 0.2) is 40.9 Å². The molecule has 2 aromatic carbocycles. The van der Waals surface area contributed by atoms with Gasteiger partial charge in [-0.25, -0.2) is 4.39 Å². The zero-order valence-electron chi connectivity index (χ0n) is 10.6. The summed E-state index contributed by atoms with van der Waals surface area (Å²) in [6.45, 7) is 0. The SMILES string of the molecule is COc1cc(F)ccc1NC(=O)c1cc(N)ccc1Br. The van der Waals surface area contributed by atoms with Crippen LogP contribution in [0, 0.1) is 5.82 Å². The maximum Gasteiger partial charge on any atom is 0.256 e. The van der Waals surface area contributed by atoms with Crippen LogP contribution in [-0.4, -0.2) is 13.0 Å². The molecule has 0 radical (unpaired) electrons. The van der Waals surface area contributed by atoms with Crippen LogP contribution in [0.4, 0.5) is 15.8 Å². The molecule has 0 aliphatic carbocycles. The van der Waals surface area contributed by atoms with Crippen molar-refractivity contribution in [1.82, 2.24) is 0 Å². The fourth-order valence-corrected chi connectivity index (χ4v) is 2.10. The first kappa shape index (κ1) is 14.3. The lowest BCUT2D eigenvalue weighted by Gasteiger charge is -2.11. The lowest BCUT2D eigenvalue weighted by molar-refractivity contribution is 0.102. The molecule has 0 heterocycles. The van der Waals surface area contributed by atoms with E-state index in [1.54, 1.807) is 18.2 Å². The van der Waals surface area contributed by atoms with Gasteiger partial charge >= 0.3 is 0 Å². The van der Waals surface area contributed by atoms with Gasteiger partial charge in [0.2, 0.25) is 0 Å². The van der Waals surface area contributed by atoms with Gasteiger partial charge in [0, 0.05) is 16.2 Å². The van der Waals surface area contributed by atoms with Crippen LogP contribution in [0.3, 0.4) is 0 Å². The first-order chi connectivity index (χ1) is 9.51. The van der Waals surface area contributed by atoms with Crippen LogP contribution in [0.5, 0.6) is 5.75 Å². The molecule has 0 saturated carbocycles. The molecular formula is C14H12BrFN2O2. The summed E-state index contributed by atoms with van der Waals surface area (Å²) in [5, 5.41) is 2.66. The second-order valence-electron chi connectivity index (χ2n) is 4.04. The number of anilines is 2. The zero-order chi connectivity index (χ0) is 14.7. The molecule has 0 bridgehead atoms. The fourth-order valence-electron chi connectivity index (χ4n) is 1.67. The lowest BCUT2D eigenvalue weighted by Crippen LogP contribution is -2.13. The van der Waals surface area contributed by atoms with E-state index in [0.29, 0.717) is 21.4 Å². The van der Waals surface area contributed by atoms with E-state index in [-0.39, 0.29) is 11.7 Å². The van der Waals surface area contributed by atoms with E-state index < -0.39 is 5.82 Å². The summed E-state index contributed by atoms with van der Waals surface area (Å²) >= 11 is 3.28. The molecule has 4 nitrogen and oxygen atoms in total. The highest BCUT2D eigenvalue weighted by atomic mass is 79.9. The van der Waals surface area contributed by atoms with Gasteiger partial charge in [-0.3, -0.25) is 4.79 Å². The van der Waals surface area contributed by atoms with Crippen molar-refractivity contribution < 1.29 is 13.9 Å². The predicted molar refractivity (Wildman–Crippen MR) is 79.5 cm³/mol. The summed E-state index contributed by atoms with van der Waals surface area (Å²) in [5.74, 6) is -0.558. The van der Waals surface area contributed by atoms with Crippen molar-refractivity contribution in [2.75, 3.05) is 18.2 Å². The maximum atomic E-state index is 13.1. The van der Waals surface area contributed by atoms with Crippen LogP contribution in [0.25, 0.3) is 0 Å².